The molecule has 28 heavy (non-hydrogen) atoms. The van der Waals surface area contributed by atoms with Gasteiger partial charge in [0.1, 0.15) is 5.82 Å². The molecule has 6 nitrogen and oxygen atoms in total. The lowest BCUT2D eigenvalue weighted by atomic mass is 10.1. The third-order valence-electron chi connectivity index (χ3n) is 3.54. The maximum absolute atomic E-state index is 13.2. The molecule has 9 heteroatoms. The number of carbonyl (C=O) groups excluding carboxylic acids is 2. The first-order valence-corrected chi connectivity index (χ1v) is 8.32. The molecule has 0 aromatic heterocycles. The van der Waals surface area contributed by atoms with E-state index in [1.54, 1.807) is 6.92 Å². The number of anilines is 1. The molecule has 2 rings (SSSR count). The Kier molecular flexibility index (Phi) is 7.25. The summed E-state index contributed by atoms with van der Waals surface area (Å²) in [4.78, 5) is 25.7. The predicted octanol–water partition coefficient (Wildman–Crippen LogP) is 3.54. The maximum atomic E-state index is 13.2. The fourth-order valence-electron chi connectivity index (χ4n) is 2.38. The molecule has 0 saturated heterocycles. The van der Waals surface area contributed by atoms with Gasteiger partial charge in [-0.05, 0) is 43.3 Å². The molecule has 0 aliphatic rings. The van der Waals surface area contributed by atoms with Crippen LogP contribution in [-0.2, 0) is 4.79 Å². The summed E-state index contributed by atoms with van der Waals surface area (Å²) in [5, 5.41) is 2.48. The van der Waals surface area contributed by atoms with Crippen LogP contribution in [0.5, 0.6) is 11.5 Å². The van der Waals surface area contributed by atoms with Crippen LogP contribution in [0.1, 0.15) is 17.3 Å². The Balaban J connectivity index is 2.07. The van der Waals surface area contributed by atoms with Crippen molar-refractivity contribution < 1.29 is 32.2 Å². The number of halogens is 3. The van der Waals surface area contributed by atoms with E-state index >= 15 is 0 Å². The van der Waals surface area contributed by atoms with E-state index in [1.807, 2.05) is 0 Å². The largest absolute Gasteiger partial charge is 0.490 e. The molecule has 0 atom stereocenters. The third-order valence-corrected chi connectivity index (χ3v) is 3.54. The Hall–Kier alpha value is -3.23. The minimum absolute atomic E-state index is 0.00809. The molecule has 0 aliphatic carbocycles. The Morgan fingerprint density at radius 1 is 1.14 bits per heavy atom. The smallest absolute Gasteiger partial charge is 0.387 e. The SMILES string of the molecule is CCOc1cc(C(=O)N(C)CC(=O)Nc2cccc(F)c2)ccc1OC(F)F. The minimum atomic E-state index is -3.03. The topological polar surface area (TPSA) is 67.9 Å². The lowest BCUT2D eigenvalue weighted by Gasteiger charge is -2.18. The molecule has 0 fully saturated rings. The summed E-state index contributed by atoms with van der Waals surface area (Å²) >= 11 is 0. The number of ether oxygens (including phenoxy) is 2. The van der Waals surface area contributed by atoms with Crippen LogP contribution in [0.2, 0.25) is 0 Å². The highest BCUT2D eigenvalue weighted by Gasteiger charge is 2.19. The number of amides is 2. The summed E-state index contributed by atoms with van der Waals surface area (Å²) in [6, 6.07) is 9.11. The van der Waals surface area contributed by atoms with Crippen LogP contribution in [0.25, 0.3) is 0 Å². The van der Waals surface area contributed by atoms with Crippen molar-refractivity contribution in [3.63, 3.8) is 0 Å². The van der Waals surface area contributed by atoms with Crippen molar-refractivity contribution in [3.8, 4) is 11.5 Å². The van der Waals surface area contributed by atoms with Gasteiger partial charge in [-0.15, -0.1) is 0 Å². The number of hydrogen-bond acceptors (Lipinski definition) is 4. The normalized spacial score (nSPS) is 10.5. The Bertz CT molecular complexity index is 846. The average molecular weight is 396 g/mol. The van der Waals surface area contributed by atoms with Crippen LogP contribution in [0.3, 0.4) is 0 Å². The van der Waals surface area contributed by atoms with Gasteiger partial charge in [-0.1, -0.05) is 6.07 Å². The molecule has 0 spiro atoms. The second-order valence-corrected chi connectivity index (χ2v) is 5.69. The van der Waals surface area contributed by atoms with Gasteiger partial charge in [0.05, 0.1) is 13.2 Å². The number of carbonyl (C=O) groups is 2. The average Bonchev–Trinajstić information content (AvgIpc) is 2.62. The highest BCUT2D eigenvalue weighted by molar-refractivity contribution is 5.99. The van der Waals surface area contributed by atoms with Gasteiger partial charge >= 0.3 is 6.61 Å². The fourth-order valence-corrected chi connectivity index (χ4v) is 2.38. The number of nitrogens with one attached hydrogen (secondary N) is 1. The Morgan fingerprint density at radius 2 is 1.89 bits per heavy atom. The van der Waals surface area contributed by atoms with Gasteiger partial charge in [0, 0.05) is 18.3 Å². The number of alkyl halides is 2. The summed E-state index contributed by atoms with van der Waals surface area (Å²) in [5.74, 6) is -1.76. The summed E-state index contributed by atoms with van der Waals surface area (Å²) in [6.45, 7) is -1.49. The van der Waals surface area contributed by atoms with E-state index in [1.165, 1.54) is 43.4 Å². The first-order valence-electron chi connectivity index (χ1n) is 8.32. The summed E-state index contributed by atoms with van der Waals surface area (Å²) in [5.41, 5.74) is 0.393. The van der Waals surface area contributed by atoms with E-state index < -0.39 is 24.2 Å². The second-order valence-electron chi connectivity index (χ2n) is 5.69. The molecule has 2 aromatic carbocycles. The van der Waals surface area contributed by atoms with E-state index in [4.69, 9.17) is 4.74 Å². The van der Waals surface area contributed by atoms with Crippen LogP contribution in [0.4, 0.5) is 18.9 Å². The molecule has 1 N–H and O–H groups in total. The van der Waals surface area contributed by atoms with E-state index in [0.29, 0.717) is 0 Å². The summed E-state index contributed by atoms with van der Waals surface area (Å²) < 4.78 is 47.7. The van der Waals surface area contributed by atoms with E-state index in [9.17, 15) is 22.8 Å². The first-order chi connectivity index (χ1) is 13.3. The Morgan fingerprint density at radius 3 is 2.54 bits per heavy atom. The number of hydrogen-bond donors (Lipinski definition) is 1. The Labute approximate surface area is 159 Å². The quantitative estimate of drug-likeness (QED) is 0.741. The van der Waals surface area contributed by atoms with E-state index in [-0.39, 0.29) is 35.9 Å². The van der Waals surface area contributed by atoms with Gasteiger partial charge in [-0.3, -0.25) is 9.59 Å². The fraction of sp³-hybridized carbons (Fsp3) is 0.263. The molecule has 0 bridgehead atoms. The van der Waals surface area contributed by atoms with Crippen molar-refractivity contribution >= 4 is 17.5 Å². The van der Waals surface area contributed by atoms with Crippen molar-refractivity contribution in [1.29, 1.82) is 0 Å². The number of rotatable bonds is 8. The molecule has 150 valence electrons. The van der Waals surface area contributed by atoms with E-state index in [2.05, 4.69) is 10.1 Å². The van der Waals surface area contributed by atoms with Crippen molar-refractivity contribution in [1.82, 2.24) is 4.90 Å². The van der Waals surface area contributed by atoms with Gasteiger partial charge in [0.25, 0.3) is 5.91 Å². The van der Waals surface area contributed by atoms with Gasteiger partial charge < -0.3 is 19.7 Å². The monoisotopic (exact) mass is 396 g/mol. The van der Waals surface area contributed by atoms with Gasteiger partial charge in [-0.2, -0.15) is 8.78 Å². The lowest BCUT2D eigenvalue weighted by molar-refractivity contribution is -0.116. The zero-order chi connectivity index (χ0) is 20.7. The third kappa shape index (κ3) is 5.90. The minimum Gasteiger partial charge on any atom is -0.490 e. The van der Waals surface area contributed by atoms with Crippen LogP contribution in [-0.4, -0.2) is 43.5 Å². The van der Waals surface area contributed by atoms with Crippen LogP contribution < -0.4 is 14.8 Å². The van der Waals surface area contributed by atoms with Crippen molar-refractivity contribution in [3.05, 3.63) is 53.8 Å². The molecule has 0 heterocycles. The van der Waals surface area contributed by atoms with Gasteiger partial charge in [-0.25, -0.2) is 4.39 Å². The second kappa shape index (κ2) is 9.63. The van der Waals surface area contributed by atoms with Crippen molar-refractivity contribution in [2.75, 3.05) is 25.5 Å². The van der Waals surface area contributed by atoms with Crippen LogP contribution in [0.15, 0.2) is 42.5 Å². The van der Waals surface area contributed by atoms with E-state index in [0.717, 1.165) is 11.0 Å². The van der Waals surface area contributed by atoms with Crippen molar-refractivity contribution in [2.24, 2.45) is 0 Å². The molecule has 0 saturated carbocycles. The highest BCUT2D eigenvalue weighted by atomic mass is 19.3. The highest BCUT2D eigenvalue weighted by Crippen LogP contribution is 2.30. The van der Waals surface area contributed by atoms with Gasteiger partial charge in [0.2, 0.25) is 5.91 Å². The molecular weight excluding hydrogens is 377 g/mol. The van der Waals surface area contributed by atoms with Crippen molar-refractivity contribution in [2.45, 2.75) is 13.5 Å². The number of likely N-dealkylation sites (N-methyl/N-ethyl adjacent to an activating group) is 1. The zero-order valence-electron chi connectivity index (χ0n) is 15.2. The standard InChI is InChI=1S/C19H19F3N2O4/c1-3-27-16-9-12(7-8-15(16)28-19(21)22)18(26)24(2)11-17(25)23-14-6-4-5-13(20)10-14/h4-10,19H,3,11H2,1-2H3,(H,23,25). The molecule has 0 radical (unpaired) electrons. The summed E-state index contributed by atoms with van der Waals surface area (Å²) in [7, 11) is 1.40. The maximum Gasteiger partial charge on any atom is 0.387 e. The van der Waals surface area contributed by atoms with Crippen LogP contribution >= 0.6 is 0 Å². The summed E-state index contributed by atoms with van der Waals surface area (Å²) in [6.07, 6.45) is 0. The lowest BCUT2D eigenvalue weighted by Crippen LogP contribution is -2.35. The molecule has 0 aliphatic heterocycles. The molecule has 2 amide bonds. The molecule has 2 aromatic rings. The van der Waals surface area contributed by atoms with Crippen LogP contribution in [0, 0.1) is 5.82 Å². The van der Waals surface area contributed by atoms with Gasteiger partial charge in [0.15, 0.2) is 11.5 Å². The zero-order valence-corrected chi connectivity index (χ0v) is 15.2. The predicted molar refractivity (Wildman–Crippen MR) is 96.2 cm³/mol. The number of benzene rings is 2. The molecule has 0 unspecified atom stereocenters. The first kappa shape index (κ1) is 21.1. The number of nitrogens with zero attached hydrogens (tertiary/aromatic N) is 1. The molecular formula is C19H19F3N2O4.